The molecule has 1 heterocycles. The van der Waals surface area contributed by atoms with Crippen LogP contribution in [0.15, 0.2) is 24.3 Å². The van der Waals surface area contributed by atoms with Crippen LogP contribution in [0.2, 0.25) is 0 Å². The number of hydrogen-bond acceptors (Lipinski definition) is 7. The minimum atomic E-state index is -0.859. The molecule has 1 atom stereocenters. The molecule has 152 valence electrons. The first kappa shape index (κ1) is 19.9. The van der Waals surface area contributed by atoms with E-state index in [0.717, 1.165) is 17.5 Å². The highest BCUT2D eigenvalue weighted by Crippen LogP contribution is 2.52. The highest BCUT2D eigenvalue weighted by Gasteiger charge is 2.46. The van der Waals surface area contributed by atoms with Gasteiger partial charge in [-0.25, -0.2) is 0 Å². The van der Waals surface area contributed by atoms with Crippen molar-refractivity contribution in [3.8, 4) is 34.5 Å². The average molecular weight is 390 g/mol. The molecular formula is C21H26O7. The van der Waals surface area contributed by atoms with Crippen molar-refractivity contribution in [3.05, 3.63) is 35.4 Å². The van der Waals surface area contributed by atoms with E-state index in [1.807, 2.05) is 0 Å². The van der Waals surface area contributed by atoms with Crippen molar-refractivity contribution in [3.63, 3.8) is 0 Å². The number of phenols is 2. The van der Waals surface area contributed by atoms with E-state index in [9.17, 15) is 10.2 Å². The molecule has 0 saturated carbocycles. The summed E-state index contributed by atoms with van der Waals surface area (Å²) < 4.78 is 27.7. The lowest BCUT2D eigenvalue weighted by atomic mass is 9.76. The van der Waals surface area contributed by atoms with Gasteiger partial charge >= 0.3 is 0 Å². The Kier molecular flexibility index (Phi) is 5.47. The van der Waals surface area contributed by atoms with E-state index in [1.165, 1.54) is 28.4 Å². The minimum Gasteiger partial charge on any atom is -0.502 e. The van der Waals surface area contributed by atoms with Crippen LogP contribution in [0, 0.1) is 5.92 Å². The van der Waals surface area contributed by atoms with Crippen molar-refractivity contribution < 1.29 is 33.9 Å². The lowest BCUT2D eigenvalue weighted by molar-refractivity contribution is 0.0134. The molecule has 0 radical (unpaired) electrons. The van der Waals surface area contributed by atoms with Crippen LogP contribution >= 0.6 is 0 Å². The summed E-state index contributed by atoms with van der Waals surface area (Å²) in [7, 11) is 5.93. The predicted octanol–water partition coefficient (Wildman–Crippen LogP) is 3.43. The third-order valence-corrected chi connectivity index (χ3v) is 5.39. The molecule has 2 aromatic rings. The van der Waals surface area contributed by atoms with Gasteiger partial charge in [-0.15, -0.1) is 0 Å². The van der Waals surface area contributed by atoms with Gasteiger partial charge in [0.25, 0.3) is 0 Å². The second-order valence-corrected chi connectivity index (χ2v) is 6.73. The Labute approximate surface area is 164 Å². The van der Waals surface area contributed by atoms with E-state index in [1.54, 1.807) is 24.3 Å². The maximum Gasteiger partial charge on any atom is 0.200 e. The van der Waals surface area contributed by atoms with E-state index in [0.29, 0.717) is 6.61 Å². The summed E-state index contributed by atoms with van der Waals surface area (Å²) in [4.78, 5) is 0. The summed E-state index contributed by atoms with van der Waals surface area (Å²) in [5, 5.41) is 20.6. The fourth-order valence-electron chi connectivity index (χ4n) is 3.86. The molecule has 0 aromatic heterocycles. The maximum atomic E-state index is 10.3. The molecule has 2 aromatic carbocycles. The van der Waals surface area contributed by atoms with Crippen LogP contribution in [0.1, 0.15) is 24.5 Å². The summed E-state index contributed by atoms with van der Waals surface area (Å²) in [5.74, 6) is 1.09. The zero-order valence-corrected chi connectivity index (χ0v) is 16.7. The Balaban J connectivity index is 2.30. The smallest absolute Gasteiger partial charge is 0.200 e. The molecule has 28 heavy (non-hydrogen) atoms. The quantitative estimate of drug-likeness (QED) is 0.781. The van der Waals surface area contributed by atoms with Gasteiger partial charge in [0.15, 0.2) is 23.0 Å². The fourth-order valence-corrected chi connectivity index (χ4v) is 3.86. The maximum absolute atomic E-state index is 10.3. The number of benzene rings is 2. The van der Waals surface area contributed by atoms with Gasteiger partial charge in [0.2, 0.25) is 11.5 Å². The second-order valence-electron chi connectivity index (χ2n) is 6.73. The van der Waals surface area contributed by atoms with Crippen molar-refractivity contribution >= 4 is 0 Å². The van der Waals surface area contributed by atoms with E-state index in [2.05, 4.69) is 6.92 Å². The summed E-state index contributed by atoms with van der Waals surface area (Å²) in [6, 6.07) is 6.97. The van der Waals surface area contributed by atoms with Crippen molar-refractivity contribution in [2.24, 2.45) is 5.92 Å². The number of rotatable bonds is 6. The first-order valence-electron chi connectivity index (χ1n) is 8.97. The highest BCUT2D eigenvalue weighted by molar-refractivity contribution is 5.59. The van der Waals surface area contributed by atoms with Crippen molar-refractivity contribution in [2.75, 3.05) is 35.0 Å². The van der Waals surface area contributed by atoms with Gasteiger partial charge in [-0.2, -0.15) is 0 Å². The Morgan fingerprint density at radius 1 is 0.786 bits per heavy atom. The second kappa shape index (κ2) is 7.67. The molecule has 3 rings (SSSR count). The molecule has 1 aliphatic rings. The first-order chi connectivity index (χ1) is 13.4. The van der Waals surface area contributed by atoms with Crippen LogP contribution in [-0.2, 0) is 10.3 Å². The summed E-state index contributed by atoms with van der Waals surface area (Å²) >= 11 is 0. The zero-order chi connectivity index (χ0) is 20.5. The highest BCUT2D eigenvalue weighted by atomic mass is 16.5. The normalized spacial score (nSPS) is 18.0. The standard InChI is InChI=1S/C21H26O7/c1-12-6-7-28-21(12,13-8-15(24-2)19(22)16(9-13)25-3)14-10-17(26-4)20(23)18(11-14)27-5/h8-12,22-23H,6-7H2,1-5H3. The third-order valence-electron chi connectivity index (χ3n) is 5.39. The molecule has 7 nitrogen and oxygen atoms in total. The van der Waals surface area contributed by atoms with Gasteiger partial charge in [0.1, 0.15) is 5.60 Å². The van der Waals surface area contributed by atoms with Gasteiger partial charge in [-0.1, -0.05) is 6.92 Å². The number of aromatic hydroxyl groups is 2. The van der Waals surface area contributed by atoms with Gasteiger partial charge < -0.3 is 33.9 Å². The Hall–Kier alpha value is -2.80. The van der Waals surface area contributed by atoms with Gasteiger partial charge in [0.05, 0.1) is 28.4 Å². The van der Waals surface area contributed by atoms with Crippen molar-refractivity contribution in [2.45, 2.75) is 18.9 Å². The van der Waals surface area contributed by atoms with Crippen LogP contribution in [0.25, 0.3) is 0 Å². The predicted molar refractivity (Wildman–Crippen MR) is 103 cm³/mol. The molecule has 1 unspecified atom stereocenters. The Bertz CT molecular complexity index is 750. The molecule has 2 N–H and O–H groups in total. The summed E-state index contributed by atoms with van der Waals surface area (Å²) in [6.45, 7) is 2.64. The van der Waals surface area contributed by atoms with Gasteiger partial charge in [0, 0.05) is 6.61 Å². The van der Waals surface area contributed by atoms with Crippen LogP contribution in [0.4, 0.5) is 0 Å². The number of ether oxygens (including phenoxy) is 5. The average Bonchev–Trinajstić information content (AvgIpc) is 3.10. The molecule has 1 saturated heterocycles. The SMILES string of the molecule is COc1cc(C2(c3cc(OC)c(O)c(OC)c3)OCCC2C)cc(OC)c1O. The van der Waals surface area contributed by atoms with E-state index in [-0.39, 0.29) is 40.4 Å². The monoisotopic (exact) mass is 390 g/mol. The molecule has 1 aliphatic heterocycles. The Morgan fingerprint density at radius 2 is 1.14 bits per heavy atom. The topological polar surface area (TPSA) is 86.6 Å². The van der Waals surface area contributed by atoms with E-state index in [4.69, 9.17) is 23.7 Å². The molecule has 0 aliphatic carbocycles. The summed E-state index contributed by atoms with van der Waals surface area (Å²) in [5.41, 5.74) is 0.667. The van der Waals surface area contributed by atoms with Crippen molar-refractivity contribution in [1.29, 1.82) is 0 Å². The number of phenolic OH excluding ortho intramolecular Hbond substituents is 2. The molecule has 0 amide bonds. The number of hydrogen-bond donors (Lipinski definition) is 2. The Morgan fingerprint density at radius 3 is 1.39 bits per heavy atom. The third kappa shape index (κ3) is 2.96. The molecule has 0 spiro atoms. The lowest BCUT2D eigenvalue weighted by Crippen LogP contribution is -2.32. The minimum absolute atomic E-state index is 0.0737. The van der Waals surface area contributed by atoms with Gasteiger partial charge in [-0.3, -0.25) is 0 Å². The largest absolute Gasteiger partial charge is 0.502 e. The summed E-state index contributed by atoms with van der Waals surface area (Å²) in [6.07, 6.45) is 0.830. The van der Waals surface area contributed by atoms with E-state index < -0.39 is 5.60 Å². The molecule has 1 fully saturated rings. The van der Waals surface area contributed by atoms with Crippen LogP contribution in [-0.4, -0.2) is 45.3 Å². The van der Waals surface area contributed by atoms with Gasteiger partial charge in [-0.05, 0) is 47.7 Å². The molecular weight excluding hydrogens is 364 g/mol. The lowest BCUT2D eigenvalue weighted by Gasteiger charge is -2.35. The molecule has 7 heteroatoms. The van der Waals surface area contributed by atoms with E-state index >= 15 is 0 Å². The number of methoxy groups -OCH3 is 4. The van der Waals surface area contributed by atoms with Crippen LogP contribution in [0.3, 0.4) is 0 Å². The van der Waals surface area contributed by atoms with Crippen LogP contribution < -0.4 is 18.9 Å². The molecule has 0 bridgehead atoms. The fraction of sp³-hybridized carbons (Fsp3) is 0.429. The first-order valence-corrected chi connectivity index (χ1v) is 8.97. The zero-order valence-electron chi connectivity index (χ0n) is 16.7. The van der Waals surface area contributed by atoms with Crippen LogP contribution in [0.5, 0.6) is 34.5 Å². The van der Waals surface area contributed by atoms with Crippen molar-refractivity contribution in [1.82, 2.24) is 0 Å².